The van der Waals surface area contributed by atoms with E-state index in [1.54, 1.807) is 6.33 Å². The lowest BCUT2D eigenvalue weighted by molar-refractivity contribution is 0.281. The molecule has 0 aliphatic heterocycles. The van der Waals surface area contributed by atoms with Gasteiger partial charge >= 0.3 is 0 Å². The molecule has 0 atom stereocenters. The second kappa shape index (κ2) is 10.6. The number of rotatable bonds is 10. The molecule has 0 amide bonds. The monoisotopic (exact) mass is 482 g/mol. The van der Waals surface area contributed by atoms with Crippen LogP contribution in [-0.2, 0) is 13.6 Å². The molecule has 0 bridgehead atoms. The molecule has 1 N–H and O–H groups in total. The van der Waals surface area contributed by atoms with Crippen LogP contribution in [0.15, 0.2) is 73.6 Å². The van der Waals surface area contributed by atoms with Gasteiger partial charge in [-0.25, -0.2) is 15.0 Å². The number of aryl methyl sites for hydroxylation is 1. The van der Waals surface area contributed by atoms with Crippen molar-refractivity contribution >= 4 is 11.5 Å². The lowest BCUT2D eigenvalue weighted by Gasteiger charge is -2.11. The van der Waals surface area contributed by atoms with Crippen LogP contribution in [0, 0.1) is 0 Å². The number of pyridine rings is 1. The maximum absolute atomic E-state index is 5.89. The molecule has 0 aliphatic rings. The van der Waals surface area contributed by atoms with Crippen molar-refractivity contribution in [2.75, 3.05) is 32.6 Å². The third-order valence-electron chi connectivity index (χ3n) is 5.90. The van der Waals surface area contributed by atoms with Gasteiger partial charge in [0.2, 0.25) is 0 Å². The lowest BCUT2D eigenvalue weighted by Crippen LogP contribution is -2.15. The van der Waals surface area contributed by atoms with Gasteiger partial charge in [-0.15, -0.1) is 0 Å². The molecule has 0 unspecified atom stereocenters. The van der Waals surface area contributed by atoms with Crippen molar-refractivity contribution < 1.29 is 4.74 Å². The van der Waals surface area contributed by atoms with E-state index in [1.807, 2.05) is 59.1 Å². The first kappa shape index (κ1) is 23.5. The molecule has 0 radical (unpaired) electrons. The SMILES string of the molecule is CN(C)CCCOc1ccn2c(-c3cc(NCc4ccc(-c5cnn(C)c5)cc4)ncn3)cnc2c1. The number of ether oxygens (including phenoxy) is 1. The normalized spacial score (nSPS) is 11.3. The topological polar surface area (TPSA) is 85.4 Å². The number of imidazole rings is 1. The van der Waals surface area contributed by atoms with E-state index in [4.69, 9.17) is 4.74 Å². The maximum Gasteiger partial charge on any atom is 0.140 e. The Labute approximate surface area is 210 Å². The Kier molecular flexibility index (Phi) is 6.90. The van der Waals surface area contributed by atoms with Crippen LogP contribution in [-0.4, -0.2) is 61.3 Å². The van der Waals surface area contributed by atoms with Crippen LogP contribution in [0.1, 0.15) is 12.0 Å². The van der Waals surface area contributed by atoms with Gasteiger partial charge in [-0.2, -0.15) is 5.10 Å². The third kappa shape index (κ3) is 5.52. The molecule has 9 nitrogen and oxygen atoms in total. The van der Waals surface area contributed by atoms with E-state index >= 15 is 0 Å². The molecule has 1 aromatic carbocycles. The summed E-state index contributed by atoms with van der Waals surface area (Å²) in [5.74, 6) is 1.57. The van der Waals surface area contributed by atoms with Gasteiger partial charge in [0.05, 0.1) is 30.4 Å². The van der Waals surface area contributed by atoms with E-state index in [0.29, 0.717) is 13.2 Å². The first-order chi connectivity index (χ1) is 17.5. The highest BCUT2D eigenvalue weighted by atomic mass is 16.5. The van der Waals surface area contributed by atoms with Gasteiger partial charge in [-0.3, -0.25) is 9.08 Å². The van der Waals surface area contributed by atoms with Gasteiger partial charge < -0.3 is 15.0 Å². The summed E-state index contributed by atoms with van der Waals surface area (Å²) in [6.07, 6.45) is 10.2. The van der Waals surface area contributed by atoms with Crippen LogP contribution in [0.4, 0.5) is 5.82 Å². The first-order valence-corrected chi connectivity index (χ1v) is 11.9. The fourth-order valence-electron chi connectivity index (χ4n) is 3.98. The highest BCUT2D eigenvalue weighted by Gasteiger charge is 2.10. The zero-order valence-electron chi connectivity index (χ0n) is 20.8. The minimum absolute atomic E-state index is 0.658. The van der Waals surface area contributed by atoms with Crippen LogP contribution in [0.25, 0.3) is 28.2 Å². The Balaban J connectivity index is 1.24. The Morgan fingerprint density at radius 1 is 0.972 bits per heavy atom. The average Bonchev–Trinajstić information content (AvgIpc) is 3.52. The molecular weight excluding hydrogens is 452 g/mol. The summed E-state index contributed by atoms with van der Waals surface area (Å²) in [7, 11) is 6.05. The Bertz CT molecular complexity index is 1440. The number of hydrogen-bond donors (Lipinski definition) is 1. The molecule has 0 spiro atoms. The number of benzene rings is 1. The predicted molar refractivity (Wildman–Crippen MR) is 141 cm³/mol. The number of nitrogens with one attached hydrogen (secondary N) is 1. The van der Waals surface area contributed by atoms with Gasteiger partial charge in [0.1, 0.15) is 23.5 Å². The van der Waals surface area contributed by atoms with E-state index < -0.39 is 0 Å². The van der Waals surface area contributed by atoms with Crippen molar-refractivity contribution in [2.45, 2.75) is 13.0 Å². The predicted octanol–water partition coefficient (Wildman–Crippen LogP) is 4.13. The molecule has 5 rings (SSSR count). The largest absolute Gasteiger partial charge is 0.493 e. The molecule has 4 aromatic heterocycles. The van der Waals surface area contributed by atoms with Gasteiger partial charge in [0.15, 0.2) is 0 Å². The fourth-order valence-corrected chi connectivity index (χ4v) is 3.98. The van der Waals surface area contributed by atoms with Gasteiger partial charge in [-0.05, 0) is 37.7 Å². The average molecular weight is 483 g/mol. The van der Waals surface area contributed by atoms with E-state index in [-0.39, 0.29) is 0 Å². The van der Waals surface area contributed by atoms with Crippen molar-refractivity contribution in [1.82, 2.24) is 34.0 Å². The number of anilines is 1. The molecule has 0 aliphatic carbocycles. The molecular formula is C27H30N8O. The van der Waals surface area contributed by atoms with Gasteiger partial charge in [-0.1, -0.05) is 24.3 Å². The second-order valence-electron chi connectivity index (χ2n) is 8.98. The zero-order chi connectivity index (χ0) is 24.9. The molecule has 36 heavy (non-hydrogen) atoms. The summed E-state index contributed by atoms with van der Waals surface area (Å²) < 4.78 is 9.70. The highest BCUT2D eigenvalue weighted by molar-refractivity contribution is 5.64. The maximum atomic E-state index is 5.89. The molecule has 4 heterocycles. The van der Waals surface area contributed by atoms with Crippen molar-refractivity contribution in [3.8, 4) is 28.3 Å². The zero-order valence-corrected chi connectivity index (χ0v) is 20.8. The number of fused-ring (bicyclic) bond motifs is 1. The highest BCUT2D eigenvalue weighted by Crippen LogP contribution is 2.24. The van der Waals surface area contributed by atoms with Crippen LogP contribution in [0.3, 0.4) is 0 Å². The molecule has 0 saturated heterocycles. The van der Waals surface area contributed by atoms with Crippen LogP contribution in [0.5, 0.6) is 5.75 Å². The van der Waals surface area contributed by atoms with Crippen molar-refractivity contribution in [3.05, 3.63) is 79.1 Å². The van der Waals surface area contributed by atoms with Crippen molar-refractivity contribution in [3.63, 3.8) is 0 Å². The summed E-state index contributed by atoms with van der Waals surface area (Å²) in [5.41, 5.74) is 5.93. The third-order valence-corrected chi connectivity index (χ3v) is 5.90. The molecule has 184 valence electrons. The molecule has 9 heteroatoms. The quantitative estimate of drug-likeness (QED) is 0.300. The summed E-state index contributed by atoms with van der Waals surface area (Å²) in [6, 6.07) is 14.3. The smallest absolute Gasteiger partial charge is 0.140 e. The Morgan fingerprint density at radius 2 is 1.83 bits per heavy atom. The summed E-state index contributed by atoms with van der Waals surface area (Å²) in [6.45, 7) is 2.33. The number of aromatic nitrogens is 6. The summed E-state index contributed by atoms with van der Waals surface area (Å²) in [5, 5.41) is 7.64. The Hall–Kier alpha value is -4.24. The molecule has 5 aromatic rings. The number of hydrogen-bond acceptors (Lipinski definition) is 7. The van der Waals surface area contributed by atoms with E-state index in [0.717, 1.165) is 58.3 Å². The van der Waals surface area contributed by atoms with Crippen LogP contribution in [0.2, 0.25) is 0 Å². The fraction of sp³-hybridized carbons (Fsp3) is 0.259. The lowest BCUT2D eigenvalue weighted by atomic mass is 10.1. The summed E-state index contributed by atoms with van der Waals surface area (Å²) >= 11 is 0. The van der Waals surface area contributed by atoms with Crippen LogP contribution >= 0.6 is 0 Å². The van der Waals surface area contributed by atoms with Crippen molar-refractivity contribution in [2.24, 2.45) is 7.05 Å². The van der Waals surface area contributed by atoms with E-state index in [9.17, 15) is 0 Å². The second-order valence-corrected chi connectivity index (χ2v) is 8.98. The van der Waals surface area contributed by atoms with Crippen LogP contribution < -0.4 is 10.1 Å². The first-order valence-electron chi connectivity index (χ1n) is 11.9. The van der Waals surface area contributed by atoms with E-state index in [1.165, 1.54) is 0 Å². The van der Waals surface area contributed by atoms with Gasteiger partial charge in [0.25, 0.3) is 0 Å². The van der Waals surface area contributed by atoms with Gasteiger partial charge in [0, 0.05) is 50.2 Å². The molecule has 0 fully saturated rings. The minimum atomic E-state index is 0.658. The van der Waals surface area contributed by atoms with E-state index in [2.05, 4.69) is 68.6 Å². The summed E-state index contributed by atoms with van der Waals surface area (Å²) in [4.78, 5) is 15.6. The molecule has 0 saturated carbocycles. The standard InChI is InChI=1S/C27H30N8O/c1-33(2)10-4-12-36-23-9-11-35-25(17-29-27(35)13-23)24-14-26(31-19-30-24)28-15-20-5-7-21(8-6-20)22-16-32-34(3)18-22/h5-9,11,13-14,16-19H,4,10,12,15H2,1-3H3,(H,28,30,31). The number of nitrogens with zero attached hydrogens (tertiary/aromatic N) is 7. The Morgan fingerprint density at radius 3 is 2.61 bits per heavy atom. The minimum Gasteiger partial charge on any atom is -0.493 e. The van der Waals surface area contributed by atoms with Crippen molar-refractivity contribution in [1.29, 1.82) is 0 Å².